The van der Waals surface area contributed by atoms with Gasteiger partial charge in [0.1, 0.15) is 11.2 Å². The Morgan fingerprint density at radius 3 is 2.35 bits per heavy atom. The molecule has 2 atom stereocenters. The molecule has 2 fully saturated rings. The lowest BCUT2D eigenvalue weighted by molar-refractivity contribution is -0.178. The molecule has 8 nitrogen and oxygen atoms in total. The lowest BCUT2D eigenvalue weighted by atomic mass is 9.96. The Morgan fingerprint density at radius 2 is 1.87 bits per heavy atom. The van der Waals surface area contributed by atoms with Crippen LogP contribution >= 0.6 is 12.4 Å². The van der Waals surface area contributed by atoms with Gasteiger partial charge in [0.25, 0.3) is 5.56 Å². The van der Waals surface area contributed by atoms with Crippen molar-refractivity contribution in [3.8, 4) is 5.75 Å². The fourth-order valence-electron chi connectivity index (χ4n) is 4.26. The second-order valence-electron chi connectivity index (χ2n) is 7.74. The van der Waals surface area contributed by atoms with Gasteiger partial charge in [-0.25, -0.2) is 9.18 Å². The first-order chi connectivity index (χ1) is 14.1. The highest BCUT2D eigenvalue weighted by Crippen LogP contribution is 2.46. The lowest BCUT2D eigenvalue weighted by Gasteiger charge is -2.24. The summed E-state index contributed by atoms with van der Waals surface area (Å²) in [5, 5.41) is -0.177. The van der Waals surface area contributed by atoms with Crippen LogP contribution in [0.25, 0.3) is 10.9 Å². The molecule has 0 amide bonds. The minimum absolute atomic E-state index is 0. The van der Waals surface area contributed by atoms with Crippen LogP contribution in [0, 0.1) is 17.7 Å². The monoisotopic (exact) mass is 467 g/mol. The van der Waals surface area contributed by atoms with Crippen LogP contribution in [0.5, 0.6) is 5.75 Å². The molecule has 2 aliphatic rings. The summed E-state index contributed by atoms with van der Waals surface area (Å²) in [5.74, 6) is 1.83. The third-order valence-corrected chi connectivity index (χ3v) is 5.88. The first kappa shape index (κ1) is 23.2. The highest BCUT2D eigenvalue weighted by molar-refractivity contribution is 5.91. The largest absolute Gasteiger partial charge is 0.492 e. The number of ether oxygens (including phenoxy) is 1. The number of benzene rings is 1. The summed E-state index contributed by atoms with van der Waals surface area (Å²) in [6.45, 7) is -0.865. The molecule has 0 radical (unpaired) electrons. The molecule has 31 heavy (non-hydrogen) atoms. The van der Waals surface area contributed by atoms with E-state index in [1.165, 1.54) is 16.6 Å². The number of nitrogens with zero attached hydrogens (tertiary/aromatic N) is 3. The van der Waals surface area contributed by atoms with Gasteiger partial charge in [-0.3, -0.25) is 9.36 Å². The predicted molar refractivity (Wildman–Crippen MR) is 109 cm³/mol. The van der Waals surface area contributed by atoms with Gasteiger partial charge >= 0.3 is 11.9 Å². The number of nitrogen functional groups attached to an aromatic ring is 1. The molecule has 1 saturated heterocycles. The Hall–Kier alpha value is -2.47. The van der Waals surface area contributed by atoms with Gasteiger partial charge in [-0.2, -0.15) is 17.8 Å². The van der Waals surface area contributed by atoms with Crippen molar-refractivity contribution in [2.24, 2.45) is 17.6 Å². The molecule has 0 bridgehead atoms. The highest BCUT2D eigenvalue weighted by atomic mass is 35.5. The van der Waals surface area contributed by atoms with Crippen molar-refractivity contribution in [2.45, 2.75) is 25.1 Å². The van der Waals surface area contributed by atoms with E-state index in [4.69, 9.17) is 16.3 Å². The molecule has 1 saturated carbocycles. The zero-order valence-electron chi connectivity index (χ0n) is 16.5. The number of methoxy groups -OCH3 is 1. The molecule has 2 aromatic rings. The van der Waals surface area contributed by atoms with Crippen LogP contribution in [0.15, 0.2) is 15.7 Å². The second-order valence-corrected chi connectivity index (χ2v) is 7.74. The summed E-state index contributed by atoms with van der Waals surface area (Å²) in [5.41, 5.74) is 3.64. The smallest absolute Gasteiger partial charge is 0.393 e. The zero-order chi connectivity index (χ0) is 22.0. The Kier molecular flexibility index (Phi) is 5.91. The maximum Gasteiger partial charge on any atom is 0.393 e. The van der Waals surface area contributed by atoms with Gasteiger partial charge in [0, 0.05) is 25.0 Å². The number of rotatable bonds is 4. The van der Waals surface area contributed by atoms with E-state index in [0.29, 0.717) is 17.5 Å². The maximum atomic E-state index is 15.1. The van der Waals surface area contributed by atoms with E-state index >= 15 is 4.39 Å². The molecule has 1 aliphatic heterocycles. The van der Waals surface area contributed by atoms with E-state index in [9.17, 15) is 22.8 Å². The number of alkyl halides is 3. The van der Waals surface area contributed by atoms with E-state index in [2.05, 4.69) is 0 Å². The van der Waals surface area contributed by atoms with Crippen molar-refractivity contribution in [1.29, 1.82) is 0 Å². The van der Waals surface area contributed by atoms with Gasteiger partial charge in [-0.15, -0.1) is 12.4 Å². The topological polar surface area (TPSA) is 109 Å². The van der Waals surface area contributed by atoms with Crippen molar-refractivity contribution in [2.75, 3.05) is 37.5 Å². The molecule has 1 aromatic heterocycles. The molecular formula is C18H22ClF4N5O3. The van der Waals surface area contributed by atoms with Gasteiger partial charge in [0.05, 0.1) is 18.4 Å². The molecule has 1 aliphatic carbocycles. The van der Waals surface area contributed by atoms with Crippen LogP contribution < -0.4 is 32.5 Å². The summed E-state index contributed by atoms with van der Waals surface area (Å²) in [7, 11) is 1.21. The average molecular weight is 468 g/mol. The molecule has 1 aromatic carbocycles. The van der Waals surface area contributed by atoms with Gasteiger partial charge in [0.2, 0.25) is 0 Å². The standard InChI is InChI=1S/C18H21F4N5O3.ClH/c1-30-15-13-10(16(28)27(24)17(29)26(13)9-2-3-9)4-12(19)14(15)25-6-8(5-23)11(7-25)18(20,21)22;/h4,8-9,11H,2-3,5-7,23-24H2,1H3;1H/t8-,11-;/m0./s1. The molecule has 2 heterocycles. The summed E-state index contributed by atoms with van der Waals surface area (Å²) in [6.07, 6.45) is -3.20. The van der Waals surface area contributed by atoms with Gasteiger partial charge < -0.3 is 21.2 Å². The molecule has 172 valence electrons. The first-order valence-corrected chi connectivity index (χ1v) is 9.44. The average Bonchev–Trinajstić information content (AvgIpc) is 3.42. The molecule has 4 N–H and O–H groups in total. The molecule has 13 heteroatoms. The summed E-state index contributed by atoms with van der Waals surface area (Å²) in [4.78, 5) is 26.3. The van der Waals surface area contributed by atoms with Gasteiger partial charge in [-0.05, 0) is 25.5 Å². The van der Waals surface area contributed by atoms with Crippen molar-refractivity contribution in [1.82, 2.24) is 9.24 Å². The number of anilines is 1. The third-order valence-electron chi connectivity index (χ3n) is 5.88. The minimum atomic E-state index is -4.50. The Morgan fingerprint density at radius 1 is 1.23 bits per heavy atom. The first-order valence-electron chi connectivity index (χ1n) is 9.44. The fraction of sp³-hybridized carbons (Fsp3) is 0.556. The van der Waals surface area contributed by atoms with E-state index in [1.54, 1.807) is 0 Å². The van der Waals surface area contributed by atoms with Crippen molar-refractivity contribution < 1.29 is 22.3 Å². The number of hydrogen-bond donors (Lipinski definition) is 2. The van der Waals surface area contributed by atoms with E-state index in [-0.39, 0.29) is 53.9 Å². The number of nitrogens with two attached hydrogens (primary N) is 2. The van der Waals surface area contributed by atoms with Gasteiger partial charge in [-0.1, -0.05) is 0 Å². The Bertz CT molecular complexity index is 1130. The molecule has 4 rings (SSSR count). The number of aromatic nitrogens is 2. The second kappa shape index (κ2) is 7.90. The van der Waals surface area contributed by atoms with Crippen LogP contribution in [0.2, 0.25) is 0 Å². The van der Waals surface area contributed by atoms with Crippen molar-refractivity contribution in [3.63, 3.8) is 0 Å². The number of fused-ring (bicyclic) bond motifs is 1. The van der Waals surface area contributed by atoms with E-state index in [1.807, 2.05) is 0 Å². The lowest BCUT2D eigenvalue weighted by Crippen LogP contribution is -2.44. The summed E-state index contributed by atoms with van der Waals surface area (Å²) < 4.78 is 62.5. The van der Waals surface area contributed by atoms with Crippen LogP contribution in [-0.2, 0) is 0 Å². The fourth-order valence-corrected chi connectivity index (χ4v) is 4.26. The summed E-state index contributed by atoms with van der Waals surface area (Å²) in [6, 6.07) is 0.649. The van der Waals surface area contributed by atoms with E-state index < -0.39 is 41.6 Å². The van der Waals surface area contributed by atoms with Gasteiger partial charge in [0.15, 0.2) is 11.6 Å². The number of hydrogen-bond acceptors (Lipinski definition) is 6. The molecular weight excluding hydrogens is 446 g/mol. The summed E-state index contributed by atoms with van der Waals surface area (Å²) >= 11 is 0. The van der Waals surface area contributed by atoms with Crippen molar-refractivity contribution >= 4 is 29.0 Å². The highest BCUT2D eigenvalue weighted by Gasteiger charge is 2.50. The third kappa shape index (κ3) is 3.61. The Labute approximate surface area is 179 Å². The molecule has 0 unspecified atom stereocenters. The van der Waals surface area contributed by atoms with Crippen LogP contribution in [-0.4, -0.2) is 42.2 Å². The Balaban J connectivity index is 0.00000272. The molecule has 0 spiro atoms. The van der Waals surface area contributed by atoms with Crippen LogP contribution in [0.4, 0.5) is 23.2 Å². The SMILES string of the molecule is COc1c(N2C[C@H](CN)[C@@H](C(F)(F)F)C2)c(F)cc2c(=O)n(N)c(=O)n(C3CC3)c12.Cl. The van der Waals surface area contributed by atoms with Crippen LogP contribution in [0.1, 0.15) is 18.9 Å². The van der Waals surface area contributed by atoms with Crippen LogP contribution in [0.3, 0.4) is 0 Å². The predicted octanol–water partition coefficient (Wildman–Crippen LogP) is 1.35. The number of halogens is 5. The normalized spacial score (nSPS) is 21.4. The zero-order valence-corrected chi connectivity index (χ0v) is 17.3. The van der Waals surface area contributed by atoms with Crippen molar-refractivity contribution in [3.05, 3.63) is 32.7 Å². The maximum absolute atomic E-state index is 15.1. The van der Waals surface area contributed by atoms with E-state index in [0.717, 1.165) is 6.07 Å². The quantitative estimate of drug-likeness (QED) is 0.519. The minimum Gasteiger partial charge on any atom is -0.492 e.